The van der Waals surface area contributed by atoms with Gasteiger partial charge in [-0.25, -0.2) is 0 Å². The van der Waals surface area contributed by atoms with E-state index in [1.807, 2.05) is 0 Å². The highest BCUT2D eigenvalue weighted by Gasteiger charge is 2.23. The molecule has 0 radical (unpaired) electrons. The molecule has 2 N–H and O–H groups in total. The van der Waals surface area contributed by atoms with Crippen molar-refractivity contribution < 1.29 is 4.79 Å². The molecule has 1 aromatic carbocycles. The van der Waals surface area contributed by atoms with E-state index >= 15 is 0 Å². The van der Waals surface area contributed by atoms with E-state index in [1.165, 1.54) is 11.1 Å². The van der Waals surface area contributed by atoms with Crippen molar-refractivity contribution in [3.05, 3.63) is 35.4 Å². The molecule has 0 saturated carbocycles. The minimum absolute atomic E-state index is 0.0357. The maximum atomic E-state index is 11.2. The van der Waals surface area contributed by atoms with E-state index in [0.29, 0.717) is 0 Å². The van der Waals surface area contributed by atoms with Crippen molar-refractivity contribution in [3.8, 4) is 0 Å². The van der Waals surface area contributed by atoms with Crippen LogP contribution < -0.4 is 5.73 Å². The molecular weight excluding hydrogens is 212 g/mol. The molecule has 1 fully saturated rings. The van der Waals surface area contributed by atoms with E-state index in [1.54, 1.807) is 0 Å². The molecule has 17 heavy (non-hydrogen) atoms. The fourth-order valence-electron chi connectivity index (χ4n) is 2.50. The first-order valence-corrected chi connectivity index (χ1v) is 6.22. The summed E-state index contributed by atoms with van der Waals surface area (Å²) in [6, 6.07) is 8.53. The van der Waals surface area contributed by atoms with E-state index in [4.69, 9.17) is 5.73 Å². The molecule has 0 spiro atoms. The molecule has 1 atom stereocenters. The van der Waals surface area contributed by atoms with Gasteiger partial charge >= 0.3 is 0 Å². The van der Waals surface area contributed by atoms with E-state index in [9.17, 15) is 4.79 Å². The van der Waals surface area contributed by atoms with Crippen molar-refractivity contribution in [2.75, 3.05) is 13.1 Å². The predicted octanol–water partition coefficient (Wildman–Crippen LogP) is 1.69. The Bertz CT molecular complexity index is 403. The summed E-state index contributed by atoms with van der Waals surface area (Å²) in [5.74, 6) is -0.118. The fraction of sp³-hybridized carbons (Fsp3) is 0.500. The standard InChI is InChI=1S/C14H20N2O/c1-11-4-2-5-12(8-11)9-16-7-3-6-13(10-16)14(15)17/h2,4-5,8,13H,3,6-7,9-10H2,1H3,(H2,15,17)/t13-/m0/s1. The largest absolute Gasteiger partial charge is 0.369 e. The van der Waals surface area contributed by atoms with Gasteiger partial charge in [-0.3, -0.25) is 9.69 Å². The summed E-state index contributed by atoms with van der Waals surface area (Å²) >= 11 is 0. The average Bonchev–Trinajstić information content (AvgIpc) is 2.29. The molecule has 0 unspecified atom stereocenters. The molecule has 0 aromatic heterocycles. The van der Waals surface area contributed by atoms with Crippen molar-refractivity contribution >= 4 is 5.91 Å². The number of amides is 1. The van der Waals surface area contributed by atoms with Crippen LogP contribution in [0.2, 0.25) is 0 Å². The Labute approximate surface area is 103 Å². The second kappa shape index (κ2) is 5.32. The third-order valence-electron chi connectivity index (χ3n) is 3.40. The van der Waals surface area contributed by atoms with E-state index < -0.39 is 0 Å². The second-order valence-corrected chi connectivity index (χ2v) is 4.97. The first-order chi connectivity index (χ1) is 8.15. The number of aryl methyl sites for hydroxylation is 1. The van der Waals surface area contributed by atoms with Gasteiger partial charge in [-0.2, -0.15) is 0 Å². The number of rotatable bonds is 3. The van der Waals surface area contributed by atoms with Crippen LogP contribution in [-0.4, -0.2) is 23.9 Å². The van der Waals surface area contributed by atoms with Gasteiger partial charge in [0.15, 0.2) is 0 Å². The third kappa shape index (κ3) is 3.30. The zero-order valence-corrected chi connectivity index (χ0v) is 10.4. The maximum absolute atomic E-state index is 11.2. The molecule has 0 bridgehead atoms. The molecule has 1 aromatic rings. The number of nitrogens with zero attached hydrogens (tertiary/aromatic N) is 1. The van der Waals surface area contributed by atoms with Gasteiger partial charge in [-0.05, 0) is 31.9 Å². The molecule has 1 amide bonds. The van der Waals surface area contributed by atoms with Crippen LogP contribution in [0.4, 0.5) is 0 Å². The van der Waals surface area contributed by atoms with Gasteiger partial charge in [-0.15, -0.1) is 0 Å². The van der Waals surface area contributed by atoms with Crippen LogP contribution in [0, 0.1) is 12.8 Å². The summed E-state index contributed by atoms with van der Waals surface area (Å²) in [6.45, 7) is 4.90. The molecule has 92 valence electrons. The SMILES string of the molecule is Cc1cccc(CN2CCC[C@H](C(N)=O)C2)c1. The van der Waals surface area contributed by atoms with Crippen molar-refractivity contribution in [1.82, 2.24) is 4.90 Å². The lowest BCUT2D eigenvalue weighted by atomic mass is 9.97. The van der Waals surface area contributed by atoms with Gasteiger partial charge in [0.2, 0.25) is 5.91 Å². The summed E-state index contributed by atoms with van der Waals surface area (Å²) in [5.41, 5.74) is 7.98. The molecule has 1 aliphatic rings. The summed E-state index contributed by atoms with van der Waals surface area (Å²) in [7, 11) is 0. The minimum Gasteiger partial charge on any atom is -0.369 e. The first-order valence-electron chi connectivity index (χ1n) is 6.22. The zero-order chi connectivity index (χ0) is 12.3. The van der Waals surface area contributed by atoms with Crippen LogP contribution in [0.5, 0.6) is 0 Å². The Morgan fingerprint density at radius 1 is 1.53 bits per heavy atom. The Morgan fingerprint density at radius 2 is 2.35 bits per heavy atom. The van der Waals surface area contributed by atoms with Crippen LogP contribution in [0.1, 0.15) is 24.0 Å². The van der Waals surface area contributed by atoms with E-state index in [2.05, 4.69) is 36.1 Å². The summed E-state index contributed by atoms with van der Waals surface area (Å²) in [6.07, 6.45) is 2.01. The lowest BCUT2D eigenvalue weighted by Crippen LogP contribution is -2.40. The Balaban J connectivity index is 1.97. The molecule has 1 saturated heterocycles. The van der Waals surface area contributed by atoms with Crippen LogP contribution in [0.15, 0.2) is 24.3 Å². The monoisotopic (exact) mass is 232 g/mol. The summed E-state index contributed by atoms with van der Waals surface area (Å²) < 4.78 is 0. The highest BCUT2D eigenvalue weighted by molar-refractivity contribution is 5.76. The number of carbonyl (C=O) groups excluding carboxylic acids is 1. The summed E-state index contributed by atoms with van der Waals surface area (Å²) in [5, 5.41) is 0. The Hall–Kier alpha value is -1.35. The highest BCUT2D eigenvalue weighted by Crippen LogP contribution is 2.18. The lowest BCUT2D eigenvalue weighted by Gasteiger charge is -2.31. The van der Waals surface area contributed by atoms with Gasteiger partial charge in [0.25, 0.3) is 0 Å². The van der Waals surface area contributed by atoms with Gasteiger partial charge in [0, 0.05) is 13.1 Å². The van der Waals surface area contributed by atoms with Gasteiger partial charge in [0.1, 0.15) is 0 Å². The van der Waals surface area contributed by atoms with Gasteiger partial charge in [-0.1, -0.05) is 29.8 Å². The minimum atomic E-state index is -0.154. The zero-order valence-electron chi connectivity index (χ0n) is 10.4. The van der Waals surface area contributed by atoms with Crippen molar-refractivity contribution in [2.24, 2.45) is 11.7 Å². The number of nitrogens with two attached hydrogens (primary N) is 1. The number of primary amides is 1. The van der Waals surface area contributed by atoms with Gasteiger partial charge < -0.3 is 5.73 Å². The highest BCUT2D eigenvalue weighted by atomic mass is 16.1. The van der Waals surface area contributed by atoms with E-state index in [-0.39, 0.29) is 11.8 Å². The third-order valence-corrected chi connectivity index (χ3v) is 3.40. The fourth-order valence-corrected chi connectivity index (χ4v) is 2.50. The van der Waals surface area contributed by atoms with Gasteiger partial charge in [0.05, 0.1) is 5.92 Å². The molecule has 1 aliphatic heterocycles. The van der Waals surface area contributed by atoms with E-state index in [0.717, 1.165) is 32.5 Å². The molecular formula is C14H20N2O. The first kappa shape index (κ1) is 12.1. The molecule has 2 rings (SSSR count). The maximum Gasteiger partial charge on any atom is 0.221 e. The van der Waals surface area contributed by atoms with Crippen molar-refractivity contribution in [2.45, 2.75) is 26.3 Å². The molecule has 3 nitrogen and oxygen atoms in total. The number of hydrogen-bond donors (Lipinski definition) is 1. The second-order valence-electron chi connectivity index (χ2n) is 4.97. The van der Waals surface area contributed by atoms with Crippen LogP contribution >= 0.6 is 0 Å². The average molecular weight is 232 g/mol. The Kier molecular flexibility index (Phi) is 3.79. The van der Waals surface area contributed by atoms with Crippen molar-refractivity contribution in [3.63, 3.8) is 0 Å². The predicted molar refractivity (Wildman–Crippen MR) is 68.4 cm³/mol. The lowest BCUT2D eigenvalue weighted by molar-refractivity contribution is -0.123. The van der Waals surface area contributed by atoms with Crippen LogP contribution in [-0.2, 0) is 11.3 Å². The van der Waals surface area contributed by atoms with Crippen molar-refractivity contribution in [1.29, 1.82) is 0 Å². The molecule has 0 aliphatic carbocycles. The molecule has 3 heteroatoms. The smallest absolute Gasteiger partial charge is 0.221 e. The number of benzene rings is 1. The quantitative estimate of drug-likeness (QED) is 0.862. The van der Waals surface area contributed by atoms with Crippen LogP contribution in [0.3, 0.4) is 0 Å². The molecule has 1 heterocycles. The normalized spacial score (nSPS) is 21.4. The Morgan fingerprint density at radius 3 is 3.06 bits per heavy atom. The number of hydrogen-bond acceptors (Lipinski definition) is 2. The number of carbonyl (C=O) groups is 1. The van der Waals surface area contributed by atoms with Crippen LogP contribution in [0.25, 0.3) is 0 Å². The number of piperidine rings is 1. The topological polar surface area (TPSA) is 46.3 Å². The summed E-state index contributed by atoms with van der Waals surface area (Å²) in [4.78, 5) is 13.5. The number of likely N-dealkylation sites (tertiary alicyclic amines) is 1.